The maximum atomic E-state index is 12.3. The standard InChI is InChI=1S/C20H22N2OS/c23-20(21-12-6-10-17-8-2-1-3-9-17)16-18(19-11-7-15-24-19)22-13-4-5-14-22/h1-5,7-9,11,13-15,18H,6,10,12,16H2,(H,21,23)/t18-/m0/s1. The Balaban J connectivity index is 1.49. The molecule has 24 heavy (non-hydrogen) atoms. The molecule has 124 valence electrons. The average molecular weight is 338 g/mol. The summed E-state index contributed by atoms with van der Waals surface area (Å²) in [5.74, 6) is 0.107. The first-order chi connectivity index (χ1) is 11.8. The van der Waals surface area contributed by atoms with Gasteiger partial charge in [-0.2, -0.15) is 0 Å². The molecule has 0 aliphatic carbocycles. The molecule has 0 saturated carbocycles. The van der Waals surface area contributed by atoms with E-state index in [1.165, 1.54) is 10.4 Å². The summed E-state index contributed by atoms with van der Waals surface area (Å²) in [6.07, 6.45) is 6.47. The van der Waals surface area contributed by atoms with Crippen LogP contribution < -0.4 is 5.32 Å². The highest BCUT2D eigenvalue weighted by molar-refractivity contribution is 7.10. The molecule has 3 nitrogen and oxygen atoms in total. The van der Waals surface area contributed by atoms with E-state index < -0.39 is 0 Å². The maximum absolute atomic E-state index is 12.3. The van der Waals surface area contributed by atoms with Crippen LogP contribution in [0.25, 0.3) is 0 Å². The van der Waals surface area contributed by atoms with Gasteiger partial charge in [0.25, 0.3) is 0 Å². The Hall–Kier alpha value is -2.33. The highest BCUT2D eigenvalue weighted by atomic mass is 32.1. The number of hydrogen-bond acceptors (Lipinski definition) is 2. The van der Waals surface area contributed by atoms with Gasteiger partial charge in [-0.25, -0.2) is 0 Å². The van der Waals surface area contributed by atoms with Gasteiger partial charge < -0.3 is 9.88 Å². The summed E-state index contributed by atoms with van der Waals surface area (Å²) >= 11 is 1.70. The molecule has 3 rings (SSSR count). The molecule has 0 aliphatic heterocycles. The molecule has 0 spiro atoms. The summed E-state index contributed by atoms with van der Waals surface area (Å²) in [5.41, 5.74) is 1.32. The lowest BCUT2D eigenvalue weighted by molar-refractivity contribution is -0.121. The number of nitrogens with one attached hydrogen (secondary N) is 1. The van der Waals surface area contributed by atoms with Crippen LogP contribution in [0.5, 0.6) is 0 Å². The molecule has 0 fully saturated rings. The number of hydrogen-bond donors (Lipinski definition) is 1. The van der Waals surface area contributed by atoms with Gasteiger partial charge in [0.15, 0.2) is 0 Å². The molecule has 0 unspecified atom stereocenters. The number of amides is 1. The summed E-state index contributed by atoms with van der Waals surface area (Å²) in [6.45, 7) is 0.719. The van der Waals surface area contributed by atoms with Crippen LogP contribution in [0.3, 0.4) is 0 Å². The van der Waals surface area contributed by atoms with E-state index in [0.29, 0.717) is 6.42 Å². The number of aryl methyl sites for hydroxylation is 1. The molecule has 1 atom stereocenters. The fourth-order valence-electron chi connectivity index (χ4n) is 2.80. The molecule has 2 heterocycles. The van der Waals surface area contributed by atoms with Crippen LogP contribution in [0.2, 0.25) is 0 Å². The minimum Gasteiger partial charge on any atom is -0.356 e. The van der Waals surface area contributed by atoms with Gasteiger partial charge in [-0.05, 0) is 42.0 Å². The lowest BCUT2D eigenvalue weighted by atomic mass is 10.1. The van der Waals surface area contributed by atoms with Crippen molar-refractivity contribution < 1.29 is 4.79 Å². The average Bonchev–Trinajstić information content (AvgIpc) is 3.31. The van der Waals surface area contributed by atoms with Gasteiger partial charge in [-0.3, -0.25) is 4.79 Å². The molecular weight excluding hydrogens is 316 g/mol. The topological polar surface area (TPSA) is 34.0 Å². The largest absolute Gasteiger partial charge is 0.356 e. The van der Waals surface area contributed by atoms with E-state index in [4.69, 9.17) is 0 Å². The first kappa shape index (κ1) is 16.5. The van der Waals surface area contributed by atoms with Crippen molar-refractivity contribution in [2.24, 2.45) is 0 Å². The maximum Gasteiger partial charge on any atom is 0.222 e. The Morgan fingerprint density at radius 2 is 1.83 bits per heavy atom. The van der Waals surface area contributed by atoms with Crippen molar-refractivity contribution in [3.05, 3.63) is 82.8 Å². The van der Waals surface area contributed by atoms with Crippen LogP contribution in [0.15, 0.2) is 72.4 Å². The third-order valence-electron chi connectivity index (χ3n) is 4.04. The molecule has 0 saturated heterocycles. The smallest absolute Gasteiger partial charge is 0.222 e. The van der Waals surface area contributed by atoms with Gasteiger partial charge in [0.2, 0.25) is 5.91 Å². The quantitative estimate of drug-likeness (QED) is 0.611. The molecule has 4 heteroatoms. The molecule has 1 aromatic carbocycles. The number of rotatable bonds is 8. The Labute approximate surface area is 147 Å². The molecule has 0 radical (unpaired) electrons. The Morgan fingerprint density at radius 3 is 2.54 bits per heavy atom. The zero-order chi connectivity index (χ0) is 16.6. The lowest BCUT2D eigenvalue weighted by Crippen LogP contribution is -2.27. The Kier molecular flexibility index (Phi) is 5.85. The first-order valence-corrected chi connectivity index (χ1v) is 9.17. The number of aromatic nitrogens is 1. The second-order valence-electron chi connectivity index (χ2n) is 5.80. The van der Waals surface area contributed by atoms with E-state index >= 15 is 0 Å². The van der Waals surface area contributed by atoms with Crippen LogP contribution >= 0.6 is 11.3 Å². The van der Waals surface area contributed by atoms with Gasteiger partial charge in [0.05, 0.1) is 12.5 Å². The Morgan fingerprint density at radius 1 is 1.04 bits per heavy atom. The van der Waals surface area contributed by atoms with Crippen LogP contribution in [0, 0.1) is 0 Å². The van der Waals surface area contributed by atoms with Crippen LogP contribution in [0.4, 0.5) is 0 Å². The van der Waals surface area contributed by atoms with E-state index in [2.05, 4.69) is 45.6 Å². The fourth-order valence-corrected chi connectivity index (χ4v) is 3.64. The van der Waals surface area contributed by atoms with Gasteiger partial charge >= 0.3 is 0 Å². The first-order valence-electron chi connectivity index (χ1n) is 8.29. The Bertz CT molecular complexity index is 686. The van der Waals surface area contributed by atoms with Crippen molar-refractivity contribution in [1.82, 2.24) is 9.88 Å². The van der Waals surface area contributed by atoms with E-state index in [0.717, 1.165) is 19.4 Å². The van der Waals surface area contributed by atoms with E-state index in [9.17, 15) is 4.79 Å². The predicted octanol–water partition coefficient (Wildman–Crippen LogP) is 4.28. The zero-order valence-electron chi connectivity index (χ0n) is 13.6. The number of carbonyl (C=O) groups is 1. The lowest BCUT2D eigenvalue weighted by Gasteiger charge is -2.17. The zero-order valence-corrected chi connectivity index (χ0v) is 14.4. The molecule has 3 aromatic rings. The third-order valence-corrected chi connectivity index (χ3v) is 5.02. The van der Waals surface area contributed by atoms with Gasteiger partial charge in [-0.1, -0.05) is 36.4 Å². The summed E-state index contributed by atoms with van der Waals surface area (Å²) < 4.78 is 2.11. The van der Waals surface area contributed by atoms with Crippen molar-refractivity contribution in [3.63, 3.8) is 0 Å². The summed E-state index contributed by atoms with van der Waals surface area (Å²) in [6, 6.07) is 18.6. The van der Waals surface area contributed by atoms with E-state index in [1.54, 1.807) is 11.3 Å². The minimum atomic E-state index is 0.0779. The summed E-state index contributed by atoms with van der Waals surface area (Å²) in [7, 11) is 0. The van der Waals surface area contributed by atoms with Crippen molar-refractivity contribution in [2.75, 3.05) is 6.54 Å². The number of carbonyl (C=O) groups excluding carboxylic acids is 1. The second kappa shape index (κ2) is 8.50. The van der Waals surface area contributed by atoms with E-state index in [-0.39, 0.29) is 11.9 Å². The van der Waals surface area contributed by atoms with Crippen LogP contribution in [0.1, 0.15) is 29.3 Å². The number of thiophene rings is 1. The summed E-state index contributed by atoms with van der Waals surface area (Å²) in [4.78, 5) is 13.5. The molecule has 0 bridgehead atoms. The normalized spacial score (nSPS) is 12.0. The molecular formula is C20H22N2OS. The molecule has 1 N–H and O–H groups in total. The predicted molar refractivity (Wildman–Crippen MR) is 99.3 cm³/mol. The number of benzene rings is 1. The van der Waals surface area contributed by atoms with Gasteiger partial charge in [0, 0.05) is 23.8 Å². The monoisotopic (exact) mass is 338 g/mol. The SMILES string of the molecule is O=C(C[C@@H](c1cccs1)n1cccc1)NCCCc1ccccc1. The molecule has 0 aliphatic rings. The van der Waals surface area contributed by atoms with Crippen molar-refractivity contribution in [3.8, 4) is 0 Å². The van der Waals surface area contributed by atoms with Gasteiger partial charge in [0.1, 0.15) is 0 Å². The summed E-state index contributed by atoms with van der Waals surface area (Å²) in [5, 5.41) is 5.12. The van der Waals surface area contributed by atoms with Crippen molar-refractivity contribution in [2.45, 2.75) is 25.3 Å². The second-order valence-corrected chi connectivity index (χ2v) is 6.78. The number of nitrogens with zero attached hydrogens (tertiary/aromatic N) is 1. The highest BCUT2D eigenvalue weighted by Gasteiger charge is 2.17. The van der Waals surface area contributed by atoms with Crippen LogP contribution in [-0.2, 0) is 11.2 Å². The van der Waals surface area contributed by atoms with Crippen molar-refractivity contribution >= 4 is 17.2 Å². The fraction of sp³-hybridized carbons (Fsp3) is 0.250. The highest BCUT2D eigenvalue weighted by Crippen LogP contribution is 2.26. The minimum absolute atomic E-state index is 0.0779. The van der Waals surface area contributed by atoms with E-state index in [1.807, 2.05) is 36.7 Å². The third kappa shape index (κ3) is 4.59. The van der Waals surface area contributed by atoms with Crippen LogP contribution in [-0.4, -0.2) is 17.0 Å². The molecule has 1 amide bonds. The van der Waals surface area contributed by atoms with Crippen molar-refractivity contribution in [1.29, 1.82) is 0 Å². The molecule has 2 aromatic heterocycles. The van der Waals surface area contributed by atoms with Gasteiger partial charge in [-0.15, -0.1) is 11.3 Å².